The van der Waals surface area contributed by atoms with Gasteiger partial charge in [-0.3, -0.25) is 9.59 Å². The number of methoxy groups -OCH3 is 1. The fourth-order valence-corrected chi connectivity index (χ4v) is 11.2. The lowest BCUT2D eigenvalue weighted by Crippen LogP contribution is -2.66. The molecule has 4 fully saturated rings. The number of fused-ring (bicyclic) bond motifs is 7. The molecule has 3 heteroatoms. The van der Waals surface area contributed by atoms with E-state index in [1.54, 1.807) is 7.11 Å². The van der Waals surface area contributed by atoms with Crippen molar-refractivity contribution in [3.63, 3.8) is 0 Å². The Morgan fingerprint density at radius 2 is 1.62 bits per heavy atom. The van der Waals surface area contributed by atoms with Crippen LogP contribution in [-0.4, -0.2) is 18.9 Å². The van der Waals surface area contributed by atoms with Gasteiger partial charge in [0, 0.05) is 5.41 Å². The van der Waals surface area contributed by atoms with Crippen molar-refractivity contribution < 1.29 is 14.3 Å². The summed E-state index contributed by atoms with van der Waals surface area (Å²) in [5.41, 5.74) is -0.0134. The van der Waals surface area contributed by atoms with Crippen LogP contribution in [0.15, 0.2) is 12.2 Å². The molecule has 0 amide bonds. The highest BCUT2D eigenvalue weighted by Crippen LogP contribution is 2.76. The summed E-state index contributed by atoms with van der Waals surface area (Å²) in [4.78, 5) is 26.2. The van der Waals surface area contributed by atoms with Gasteiger partial charge in [-0.05, 0) is 109 Å². The average Bonchev–Trinajstić information content (AvgIpc) is 3.18. The molecule has 34 heavy (non-hydrogen) atoms. The van der Waals surface area contributed by atoms with E-state index in [1.807, 2.05) is 6.08 Å². The smallest absolute Gasteiger partial charge is 0.312 e. The van der Waals surface area contributed by atoms with Crippen LogP contribution in [0.3, 0.4) is 0 Å². The largest absolute Gasteiger partial charge is 0.469 e. The van der Waals surface area contributed by atoms with Crippen molar-refractivity contribution in [2.45, 2.75) is 99.8 Å². The van der Waals surface area contributed by atoms with Crippen molar-refractivity contribution in [3.05, 3.63) is 12.2 Å². The second-order valence-corrected chi connectivity index (χ2v) is 14.6. The van der Waals surface area contributed by atoms with E-state index in [-0.39, 0.29) is 33.0 Å². The third kappa shape index (κ3) is 2.76. The highest BCUT2D eigenvalue weighted by molar-refractivity contribution is 5.95. The molecule has 5 rings (SSSR count). The lowest BCUT2D eigenvalue weighted by Gasteiger charge is -2.71. The van der Waals surface area contributed by atoms with Crippen LogP contribution in [0.5, 0.6) is 0 Å². The topological polar surface area (TPSA) is 43.4 Å². The van der Waals surface area contributed by atoms with Crippen LogP contribution in [0.2, 0.25) is 0 Å². The molecule has 5 aliphatic carbocycles. The molecule has 4 saturated carbocycles. The number of hydrogen-bond acceptors (Lipinski definition) is 3. The fourth-order valence-electron chi connectivity index (χ4n) is 11.2. The standard InChI is InChI=1S/C31H48O3/c1-19(2)20-11-16-31(26(33)34-8)18-17-29(6)21(25(20)31)9-10-23-28(5)14-13-24(32)27(3,4)22(28)12-15-30(23,29)7/h13-14,19-23,25H,9-12,15-18H2,1-8H3/t20-,21+,22-,23+,25+,28-,29+,30+,31-/m0/s1. The number of carbonyl (C=O) groups excluding carboxylic acids is 2. The van der Waals surface area contributed by atoms with Crippen LogP contribution in [0.25, 0.3) is 0 Å². The Morgan fingerprint density at radius 3 is 2.26 bits per heavy atom. The highest BCUT2D eigenvalue weighted by atomic mass is 16.5. The predicted octanol–water partition coefficient (Wildman–Crippen LogP) is 7.24. The van der Waals surface area contributed by atoms with Gasteiger partial charge in [0.2, 0.25) is 0 Å². The third-order valence-corrected chi connectivity index (χ3v) is 13.2. The molecule has 0 aromatic carbocycles. The van der Waals surface area contributed by atoms with Crippen molar-refractivity contribution in [2.75, 3.05) is 7.11 Å². The lowest BCUT2D eigenvalue weighted by molar-refractivity contribution is -0.224. The summed E-state index contributed by atoms with van der Waals surface area (Å²) in [6.07, 6.45) is 13.3. The molecule has 0 radical (unpaired) electrons. The second kappa shape index (κ2) is 7.45. The summed E-state index contributed by atoms with van der Waals surface area (Å²) in [6, 6.07) is 0. The van der Waals surface area contributed by atoms with Gasteiger partial charge < -0.3 is 4.74 Å². The lowest BCUT2D eigenvalue weighted by atomic mass is 9.33. The number of ketones is 1. The number of rotatable bonds is 2. The van der Waals surface area contributed by atoms with Gasteiger partial charge in [0.25, 0.3) is 0 Å². The fraction of sp³-hybridized carbons (Fsp3) is 0.871. The zero-order valence-corrected chi connectivity index (χ0v) is 23.0. The van der Waals surface area contributed by atoms with Gasteiger partial charge in [0.15, 0.2) is 5.78 Å². The van der Waals surface area contributed by atoms with E-state index >= 15 is 0 Å². The Labute approximate surface area is 207 Å². The Morgan fingerprint density at radius 1 is 0.912 bits per heavy atom. The number of allylic oxidation sites excluding steroid dienone is 2. The van der Waals surface area contributed by atoms with Crippen molar-refractivity contribution in [3.8, 4) is 0 Å². The van der Waals surface area contributed by atoms with Gasteiger partial charge in [-0.1, -0.05) is 54.5 Å². The molecule has 0 heterocycles. The van der Waals surface area contributed by atoms with E-state index in [2.05, 4.69) is 54.5 Å². The van der Waals surface area contributed by atoms with Crippen LogP contribution in [0, 0.1) is 62.6 Å². The molecule has 190 valence electrons. The van der Waals surface area contributed by atoms with Crippen LogP contribution in [-0.2, 0) is 14.3 Å². The molecular formula is C31H48O3. The minimum atomic E-state index is -0.274. The maximum Gasteiger partial charge on any atom is 0.312 e. The second-order valence-electron chi connectivity index (χ2n) is 14.6. The first kappa shape index (κ1) is 24.6. The minimum Gasteiger partial charge on any atom is -0.469 e. The van der Waals surface area contributed by atoms with Crippen LogP contribution in [0.4, 0.5) is 0 Å². The number of hydrogen-bond donors (Lipinski definition) is 0. The Bertz CT molecular complexity index is 916. The maximum atomic E-state index is 13.4. The molecule has 0 aromatic rings. The molecular weight excluding hydrogens is 420 g/mol. The van der Waals surface area contributed by atoms with E-state index in [4.69, 9.17) is 4.74 Å². The van der Waals surface area contributed by atoms with E-state index in [0.717, 1.165) is 25.7 Å². The number of carbonyl (C=O) groups is 2. The molecule has 5 aliphatic rings. The van der Waals surface area contributed by atoms with Gasteiger partial charge in [0.05, 0.1) is 12.5 Å². The summed E-state index contributed by atoms with van der Waals surface area (Å²) in [6.45, 7) is 16.8. The zero-order valence-electron chi connectivity index (χ0n) is 23.0. The zero-order chi connectivity index (χ0) is 24.9. The molecule has 0 bridgehead atoms. The maximum absolute atomic E-state index is 13.4. The van der Waals surface area contributed by atoms with Crippen LogP contribution < -0.4 is 0 Å². The molecule has 0 saturated heterocycles. The van der Waals surface area contributed by atoms with E-state index in [0.29, 0.717) is 41.3 Å². The van der Waals surface area contributed by atoms with E-state index in [1.165, 1.54) is 25.7 Å². The molecule has 0 aliphatic heterocycles. The molecule has 0 aromatic heterocycles. The quantitative estimate of drug-likeness (QED) is 0.401. The SMILES string of the molecule is COC(=O)[C@]12CC[C@@H](C(C)C)[C@@H]1[C@H]1CC[C@@H]3[C@@]4(C)C=CC(=O)C(C)(C)[C@@H]4CC[C@@]3(C)[C@]1(C)CC2. The van der Waals surface area contributed by atoms with Crippen molar-refractivity contribution >= 4 is 11.8 Å². The van der Waals surface area contributed by atoms with E-state index < -0.39 is 0 Å². The monoisotopic (exact) mass is 468 g/mol. The van der Waals surface area contributed by atoms with Gasteiger partial charge in [0.1, 0.15) is 0 Å². The van der Waals surface area contributed by atoms with Gasteiger partial charge in [-0.25, -0.2) is 0 Å². The van der Waals surface area contributed by atoms with Crippen molar-refractivity contribution in [2.24, 2.45) is 62.6 Å². The number of esters is 1. The first-order chi connectivity index (χ1) is 15.8. The summed E-state index contributed by atoms with van der Waals surface area (Å²) < 4.78 is 5.51. The average molecular weight is 469 g/mol. The van der Waals surface area contributed by atoms with E-state index in [9.17, 15) is 9.59 Å². The Hall–Kier alpha value is -1.12. The summed E-state index contributed by atoms with van der Waals surface area (Å²) in [5.74, 6) is 3.64. The predicted molar refractivity (Wildman–Crippen MR) is 136 cm³/mol. The van der Waals surface area contributed by atoms with Crippen LogP contribution >= 0.6 is 0 Å². The Kier molecular flexibility index (Phi) is 5.38. The molecule has 9 atom stereocenters. The van der Waals surface area contributed by atoms with Gasteiger partial charge >= 0.3 is 5.97 Å². The first-order valence-electron chi connectivity index (χ1n) is 14.1. The molecule has 3 nitrogen and oxygen atoms in total. The minimum absolute atomic E-state index is 0.0705. The Balaban J connectivity index is 1.58. The van der Waals surface area contributed by atoms with Gasteiger partial charge in [-0.2, -0.15) is 0 Å². The third-order valence-electron chi connectivity index (χ3n) is 13.2. The van der Waals surface area contributed by atoms with Crippen LogP contribution in [0.1, 0.15) is 99.8 Å². The summed E-state index contributed by atoms with van der Waals surface area (Å²) in [5, 5.41) is 0. The molecule has 0 spiro atoms. The number of ether oxygens (including phenoxy) is 1. The summed E-state index contributed by atoms with van der Waals surface area (Å²) in [7, 11) is 1.60. The molecule has 0 unspecified atom stereocenters. The van der Waals surface area contributed by atoms with Crippen molar-refractivity contribution in [1.29, 1.82) is 0 Å². The highest BCUT2D eigenvalue weighted by Gasteiger charge is 2.71. The first-order valence-corrected chi connectivity index (χ1v) is 14.1. The van der Waals surface area contributed by atoms with Gasteiger partial charge in [-0.15, -0.1) is 0 Å². The normalized spacial score (nSPS) is 51.3. The summed E-state index contributed by atoms with van der Waals surface area (Å²) >= 11 is 0. The van der Waals surface area contributed by atoms with Crippen molar-refractivity contribution in [1.82, 2.24) is 0 Å². The molecule has 0 N–H and O–H groups in total.